The molecule has 0 radical (unpaired) electrons. The molecule has 0 aliphatic heterocycles. The molecule has 4 heteroatoms. The number of pyridine rings is 1. The fraction of sp³-hybridized carbons (Fsp3) is 0.353. The van der Waals surface area contributed by atoms with Crippen molar-refractivity contribution in [3.8, 4) is 0 Å². The number of likely N-dealkylation sites (N-methyl/N-ethyl adjacent to an activating group) is 1. The van der Waals surface area contributed by atoms with Crippen LogP contribution in [0.25, 0.3) is 0 Å². The van der Waals surface area contributed by atoms with Gasteiger partial charge in [0, 0.05) is 12.3 Å². The Morgan fingerprint density at radius 3 is 2.48 bits per heavy atom. The average molecular weight is 290 g/mol. The topological polar surface area (TPSA) is 24.9 Å². The Bertz CT molecular complexity index is 579. The fourth-order valence-corrected chi connectivity index (χ4v) is 2.54. The summed E-state index contributed by atoms with van der Waals surface area (Å²) in [5, 5.41) is 3.35. The number of rotatable bonds is 6. The zero-order valence-electron chi connectivity index (χ0n) is 12.4. The minimum atomic E-state index is -0.544. The second-order valence-electron chi connectivity index (χ2n) is 4.99. The number of aryl methyl sites for hydroxylation is 1. The van der Waals surface area contributed by atoms with E-state index >= 15 is 0 Å². The highest BCUT2D eigenvalue weighted by molar-refractivity contribution is 5.26. The minimum Gasteiger partial charge on any atom is -0.309 e. The van der Waals surface area contributed by atoms with Gasteiger partial charge in [0.2, 0.25) is 0 Å². The largest absolute Gasteiger partial charge is 0.309 e. The lowest BCUT2D eigenvalue weighted by atomic mass is 9.98. The first-order valence-electron chi connectivity index (χ1n) is 7.26. The second-order valence-corrected chi connectivity index (χ2v) is 4.99. The SMILES string of the molecule is CCNC(Cc1cc(F)cc(F)c1)c1ncccc1CC. The van der Waals surface area contributed by atoms with Gasteiger partial charge in [0.25, 0.3) is 0 Å². The molecule has 0 aliphatic rings. The average Bonchev–Trinajstić information content (AvgIpc) is 2.45. The Morgan fingerprint density at radius 2 is 1.86 bits per heavy atom. The maximum Gasteiger partial charge on any atom is 0.126 e. The summed E-state index contributed by atoms with van der Waals surface area (Å²) in [5.41, 5.74) is 2.73. The van der Waals surface area contributed by atoms with E-state index in [2.05, 4.69) is 17.2 Å². The first kappa shape index (κ1) is 15.6. The Morgan fingerprint density at radius 1 is 1.14 bits per heavy atom. The number of benzene rings is 1. The second kappa shape index (κ2) is 7.27. The predicted molar refractivity (Wildman–Crippen MR) is 80.1 cm³/mol. The summed E-state index contributed by atoms with van der Waals surface area (Å²) in [6.07, 6.45) is 3.14. The minimum absolute atomic E-state index is 0.0488. The molecule has 2 aromatic rings. The van der Waals surface area contributed by atoms with Crippen molar-refractivity contribution in [1.82, 2.24) is 10.3 Å². The van der Waals surface area contributed by atoms with Crippen LogP contribution in [0.1, 0.15) is 36.7 Å². The van der Waals surface area contributed by atoms with Crippen LogP contribution in [0.15, 0.2) is 36.5 Å². The molecule has 1 aromatic heterocycles. The fourth-order valence-electron chi connectivity index (χ4n) is 2.54. The molecule has 0 spiro atoms. The van der Waals surface area contributed by atoms with Crippen molar-refractivity contribution in [1.29, 1.82) is 0 Å². The molecule has 112 valence electrons. The summed E-state index contributed by atoms with van der Waals surface area (Å²) in [6, 6.07) is 7.55. The molecule has 1 atom stereocenters. The van der Waals surface area contributed by atoms with Crippen LogP contribution in [0, 0.1) is 11.6 Å². The van der Waals surface area contributed by atoms with Gasteiger partial charge in [0.1, 0.15) is 11.6 Å². The Labute approximate surface area is 124 Å². The van der Waals surface area contributed by atoms with Crippen molar-refractivity contribution in [2.45, 2.75) is 32.7 Å². The van der Waals surface area contributed by atoms with Gasteiger partial charge in [-0.15, -0.1) is 0 Å². The van der Waals surface area contributed by atoms with Gasteiger partial charge in [-0.25, -0.2) is 8.78 Å². The molecular weight excluding hydrogens is 270 g/mol. The molecule has 1 aromatic carbocycles. The lowest BCUT2D eigenvalue weighted by Crippen LogP contribution is -2.25. The van der Waals surface area contributed by atoms with Crippen molar-refractivity contribution >= 4 is 0 Å². The number of halogens is 2. The molecule has 0 saturated carbocycles. The first-order chi connectivity index (χ1) is 10.1. The van der Waals surface area contributed by atoms with Crippen LogP contribution in [0.2, 0.25) is 0 Å². The standard InChI is InChI=1S/C17H20F2N2/c1-3-13-6-5-7-21-17(13)16(20-4-2)10-12-8-14(18)11-15(19)9-12/h5-9,11,16,20H,3-4,10H2,1-2H3. The highest BCUT2D eigenvalue weighted by Crippen LogP contribution is 2.21. The van der Waals surface area contributed by atoms with Crippen molar-refractivity contribution in [2.24, 2.45) is 0 Å². The van der Waals surface area contributed by atoms with E-state index in [9.17, 15) is 8.78 Å². The monoisotopic (exact) mass is 290 g/mol. The molecule has 0 amide bonds. The number of hydrogen-bond donors (Lipinski definition) is 1. The molecule has 2 rings (SSSR count). The number of nitrogens with one attached hydrogen (secondary N) is 1. The van der Waals surface area contributed by atoms with Gasteiger partial charge in [-0.3, -0.25) is 4.98 Å². The van der Waals surface area contributed by atoms with E-state index in [1.807, 2.05) is 19.1 Å². The zero-order valence-corrected chi connectivity index (χ0v) is 12.4. The van der Waals surface area contributed by atoms with E-state index in [-0.39, 0.29) is 6.04 Å². The van der Waals surface area contributed by atoms with E-state index in [1.54, 1.807) is 6.20 Å². The molecule has 1 N–H and O–H groups in total. The normalized spacial score (nSPS) is 12.4. The molecule has 0 fully saturated rings. The van der Waals surface area contributed by atoms with Crippen LogP contribution >= 0.6 is 0 Å². The summed E-state index contributed by atoms with van der Waals surface area (Å²) in [7, 11) is 0. The van der Waals surface area contributed by atoms with E-state index in [0.29, 0.717) is 12.0 Å². The first-order valence-corrected chi connectivity index (χ1v) is 7.26. The Balaban J connectivity index is 2.30. The molecule has 0 aliphatic carbocycles. The van der Waals surface area contributed by atoms with Gasteiger partial charge in [0.05, 0.1) is 11.7 Å². The number of hydrogen-bond acceptors (Lipinski definition) is 2. The third-order valence-corrected chi connectivity index (χ3v) is 3.45. The number of aromatic nitrogens is 1. The van der Waals surface area contributed by atoms with Gasteiger partial charge in [-0.2, -0.15) is 0 Å². The molecule has 1 heterocycles. The third kappa shape index (κ3) is 4.08. The maximum absolute atomic E-state index is 13.3. The van der Waals surface area contributed by atoms with Crippen LogP contribution in [0.4, 0.5) is 8.78 Å². The van der Waals surface area contributed by atoms with E-state index in [0.717, 1.165) is 30.3 Å². The zero-order chi connectivity index (χ0) is 15.2. The van der Waals surface area contributed by atoms with Crippen LogP contribution in [0.3, 0.4) is 0 Å². The van der Waals surface area contributed by atoms with Crippen LogP contribution in [0.5, 0.6) is 0 Å². The molecule has 21 heavy (non-hydrogen) atoms. The molecule has 0 bridgehead atoms. The Hall–Kier alpha value is -1.81. The molecule has 2 nitrogen and oxygen atoms in total. The number of nitrogens with zero attached hydrogens (tertiary/aromatic N) is 1. The predicted octanol–water partition coefficient (Wildman–Crippen LogP) is 3.82. The summed E-state index contributed by atoms with van der Waals surface area (Å²) >= 11 is 0. The summed E-state index contributed by atoms with van der Waals surface area (Å²) in [6.45, 7) is 4.85. The highest BCUT2D eigenvalue weighted by Gasteiger charge is 2.16. The van der Waals surface area contributed by atoms with E-state index < -0.39 is 11.6 Å². The smallest absolute Gasteiger partial charge is 0.126 e. The quantitative estimate of drug-likeness (QED) is 0.875. The lowest BCUT2D eigenvalue weighted by molar-refractivity contribution is 0.524. The van der Waals surface area contributed by atoms with Crippen molar-refractivity contribution in [3.05, 3.63) is 65.0 Å². The van der Waals surface area contributed by atoms with Gasteiger partial charge < -0.3 is 5.32 Å². The van der Waals surface area contributed by atoms with Crippen LogP contribution in [-0.4, -0.2) is 11.5 Å². The van der Waals surface area contributed by atoms with Gasteiger partial charge >= 0.3 is 0 Å². The van der Waals surface area contributed by atoms with Gasteiger partial charge in [-0.05, 0) is 48.7 Å². The van der Waals surface area contributed by atoms with Crippen LogP contribution in [-0.2, 0) is 12.8 Å². The van der Waals surface area contributed by atoms with Crippen molar-refractivity contribution in [3.63, 3.8) is 0 Å². The van der Waals surface area contributed by atoms with Crippen molar-refractivity contribution < 1.29 is 8.78 Å². The van der Waals surface area contributed by atoms with Gasteiger partial charge in [0.15, 0.2) is 0 Å². The van der Waals surface area contributed by atoms with Crippen molar-refractivity contribution in [2.75, 3.05) is 6.54 Å². The molecule has 0 saturated heterocycles. The summed E-state index contributed by atoms with van der Waals surface area (Å²) in [5.74, 6) is -1.09. The summed E-state index contributed by atoms with van der Waals surface area (Å²) in [4.78, 5) is 4.46. The highest BCUT2D eigenvalue weighted by atomic mass is 19.1. The van der Waals surface area contributed by atoms with E-state index in [4.69, 9.17) is 0 Å². The maximum atomic E-state index is 13.3. The lowest BCUT2D eigenvalue weighted by Gasteiger charge is -2.20. The Kier molecular flexibility index (Phi) is 5.39. The summed E-state index contributed by atoms with van der Waals surface area (Å²) < 4.78 is 26.7. The third-order valence-electron chi connectivity index (χ3n) is 3.45. The van der Waals surface area contributed by atoms with Gasteiger partial charge in [-0.1, -0.05) is 19.9 Å². The van der Waals surface area contributed by atoms with E-state index in [1.165, 1.54) is 12.1 Å². The van der Waals surface area contributed by atoms with Crippen LogP contribution < -0.4 is 5.32 Å². The molecule has 1 unspecified atom stereocenters. The molecular formula is C17H20F2N2.